The van der Waals surface area contributed by atoms with Gasteiger partial charge in [-0.25, -0.2) is 0 Å². The fourth-order valence-electron chi connectivity index (χ4n) is 6.34. The van der Waals surface area contributed by atoms with Gasteiger partial charge in [-0.3, -0.25) is 0 Å². The topological polar surface area (TPSA) is 40.5 Å². The third-order valence-electron chi connectivity index (χ3n) is 7.76. The molecule has 0 radical (unpaired) electrons. The average Bonchev–Trinajstić information content (AvgIpc) is 2.98. The second kappa shape index (κ2) is 7.07. The molecule has 2 nitrogen and oxygen atoms in total. The second-order valence-corrected chi connectivity index (χ2v) is 11.4. The largest absolute Gasteiger partial charge is 0.508 e. The molecule has 0 saturated heterocycles. The minimum Gasteiger partial charge on any atom is -0.508 e. The Morgan fingerprint density at radius 1 is 1.07 bits per heavy atom. The van der Waals surface area contributed by atoms with Gasteiger partial charge in [-0.05, 0) is 103 Å². The lowest BCUT2D eigenvalue weighted by Crippen LogP contribution is -2.48. The number of phenols is 1. The van der Waals surface area contributed by atoms with Crippen LogP contribution in [0.5, 0.6) is 5.75 Å². The first-order valence-corrected chi connectivity index (χ1v) is 12.0. The molecule has 2 unspecified atom stereocenters. The van der Waals surface area contributed by atoms with E-state index in [9.17, 15) is 10.2 Å². The lowest BCUT2D eigenvalue weighted by molar-refractivity contribution is -0.0209. The predicted molar refractivity (Wildman–Crippen MR) is 118 cm³/mol. The lowest BCUT2D eigenvalue weighted by atomic mass is 9.55. The number of aliphatic hydroxyl groups is 1. The highest BCUT2D eigenvalue weighted by molar-refractivity contribution is 9.10. The molecule has 6 atom stereocenters. The number of phenolic OH excluding ortho intramolecular Hbond substituents is 1. The van der Waals surface area contributed by atoms with Crippen LogP contribution in [0, 0.1) is 17.3 Å². The summed E-state index contributed by atoms with van der Waals surface area (Å²) in [6.45, 7) is 2.33. The van der Waals surface area contributed by atoms with E-state index < -0.39 is 0 Å². The fraction of sp³-hybridized carbons (Fsp3) is 0.500. The summed E-state index contributed by atoms with van der Waals surface area (Å²) < 4.78 is 1.11. The zero-order valence-electron chi connectivity index (χ0n) is 16.1. The van der Waals surface area contributed by atoms with Crippen LogP contribution >= 0.6 is 27.7 Å². The summed E-state index contributed by atoms with van der Waals surface area (Å²) in [4.78, 5) is 1.31. The van der Waals surface area contributed by atoms with Crippen molar-refractivity contribution in [3.8, 4) is 5.75 Å². The molecule has 0 aromatic heterocycles. The van der Waals surface area contributed by atoms with E-state index in [1.807, 2.05) is 23.9 Å². The first-order chi connectivity index (χ1) is 13.5. The van der Waals surface area contributed by atoms with Crippen molar-refractivity contribution < 1.29 is 10.2 Å². The fourth-order valence-corrected chi connectivity index (χ4v) is 8.05. The smallest absolute Gasteiger partial charge is 0.115 e. The molecule has 2 fully saturated rings. The number of hydrogen-bond donors (Lipinski definition) is 2. The Bertz CT molecular complexity index is 883. The Balaban J connectivity index is 1.55. The normalized spacial score (nSPS) is 36.5. The van der Waals surface area contributed by atoms with Gasteiger partial charge < -0.3 is 10.2 Å². The monoisotopic (exact) mass is 458 g/mol. The molecule has 4 heteroatoms. The summed E-state index contributed by atoms with van der Waals surface area (Å²) in [6.07, 6.45) is 5.18. The third kappa shape index (κ3) is 3.03. The van der Waals surface area contributed by atoms with Crippen LogP contribution in [0.3, 0.4) is 0 Å². The van der Waals surface area contributed by atoms with Gasteiger partial charge in [0, 0.05) is 14.6 Å². The second-order valence-electron chi connectivity index (χ2n) is 9.13. The molecule has 28 heavy (non-hydrogen) atoms. The van der Waals surface area contributed by atoms with Gasteiger partial charge in [0.15, 0.2) is 0 Å². The van der Waals surface area contributed by atoms with Crippen molar-refractivity contribution in [3.05, 3.63) is 58.1 Å². The van der Waals surface area contributed by atoms with Crippen LogP contribution in [0.2, 0.25) is 0 Å². The van der Waals surface area contributed by atoms with Crippen molar-refractivity contribution in [1.82, 2.24) is 0 Å². The summed E-state index contributed by atoms with van der Waals surface area (Å²) in [7, 11) is 0. The number of thioether (sulfide) groups is 1. The molecule has 2 N–H and O–H groups in total. The van der Waals surface area contributed by atoms with Crippen LogP contribution in [0.25, 0.3) is 0 Å². The Kier molecular flexibility index (Phi) is 4.80. The average molecular weight is 459 g/mol. The maximum absolute atomic E-state index is 10.8. The van der Waals surface area contributed by atoms with Gasteiger partial charge in [0.2, 0.25) is 0 Å². The minimum atomic E-state index is -0.155. The zero-order chi connectivity index (χ0) is 19.5. The quantitative estimate of drug-likeness (QED) is 0.567. The molecule has 2 aromatic rings. The summed E-state index contributed by atoms with van der Waals surface area (Å²) >= 11 is 5.53. The van der Waals surface area contributed by atoms with Crippen molar-refractivity contribution in [2.24, 2.45) is 17.3 Å². The predicted octanol–water partition coefficient (Wildman–Crippen LogP) is 6.14. The van der Waals surface area contributed by atoms with Crippen LogP contribution in [0.1, 0.15) is 49.7 Å². The number of fused-ring (bicyclic) bond motifs is 5. The number of rotatable bonds is 2. The maximum Gasteiger partial charge on any atom is 0.115 e. The minimum absolute atomic E-state index is 0.0636. The molecule has 2 saturated carbocycles. The van der Waals surface area contributed by atoms with Gasteiger partial charge in [0.25, 0.3) is 0 Å². The highest BCUT2D eigenvalue weighted by atomic mass is 79.9. The Morgan fingerprint density at radius 2 is 1.86 bits per heavy atom. The summed E-state index contributed by atoms with van der Waals surface area (Å²) in [5.74, 6) is 2.08. The molecule has 0 amide bonds. The van der Waals surface area contributed by atoms with Crippen molar-refractivity contribution in [2.75, 3.05) is 0 Å². The van der Waals surface area contributed by atoms with E-state index in [-0.39, 0.29) is 11.5 Å². The van der Waals surface area contributed by atoms with Gasteiger partial charge in [0.05, 0.1) is 6.10 Å². The summed E-state index contributed by atoms with van der Waals surface area (Å²) in [6, 6.07) is 14.6. The first kappa shape index (κ1) is 19.0. The van der Waals surface area contributed by atoms with Gasteiger partial charge in [-0.2, -0.15) is 0 Å². The molecule has 0 heterocycles. The van der Waals surface area contributed by atoms with Crippen molar-refractivity contribution in [3.63, 3.8) is 0 Å². The molecule has 0 spiro atoms. The first-order valence-electron chi connectivity index (χ1n) is 10.4. The molecule has 2 aromatic carbocycles. The Morgan fingerprint density at radius 3 is 2.64 bits per heavy atom. The standard InChI is InChI=1S/C24H27BrO2S/c1-24-11-10-19-18-7-4-16(26)12-14(18)13-21(23(19)20(24)8-9-22(24)27)28-17-5-2-15(25)3-6-17/h2-7,12,19-23,26-27H,8-11,13H2,1H3/t19-,20+,21?,22?,23-,24+/m1/s1. The van der Waals surface area contributed by atoms with Gasteiger partial charge >= 0.3 is 0 Å². The number of benzene rings is 2. The van der Waals surface area contributed by atoms with Gasteiger partial charge in [-0.15, -0.1) is 11.8 Å². The van der Waals surface area contributed by atoms with Crippen LogP contribution in [0.15, 0.2) is 51.8 Å². The van der Waals surface area contributed by atoms with E-state index in [0.29, 0.717) is 28.8 Å². The molecule has 148 valence electrons. The van der Waals surface area contributed by atoms with Crippen molar-refractivity contribution in [1.29, 1.82) is 0 Å². The van der Waals surface area contributed by atoms with Crippen LogP contribution in [-0.2, 0) is 6.42 Å². The van der Waals surface area contributed by atoms with E-state index in [4.69, 9.17) is 0 Å². The summed E-state index contributed by atoms with van der Waals surface area (Å²) in [5.41, 5.74) is 2.82. The molecular weight excluding hydrogens is 432 g/mol. The maximum atomic E-state index is 10.8. The number of aromatic hydroxyl groups is 1. The van der Waals surface area contributed by atoms with Gasteiger partial charge in [-0.1, -0.05) is 28.9 Å². The highest BCUT2D eigenvalue weighted by Gasteiger charge is 2.56. The lowest BCUT2D eigenvalue weighted by Gasteiger charge is -2.52. The molecule has 0 bridgehead atoms. The van der Waals surface area contributed by atoms with E-state index in [2.05, 4.69) is 53.2 Å². The van der Waals surface area contributed by atoms with Crippen molar-refractivity contribution >= 4 is 27.7 Å². The number of aliphatic hydroxyl groups excluding tert-OH is 1. The van der Waals surface area contributed by atoms with E-state index >= 15 is 0 Å². The third-order valence-corrected chi connectivity index (χ3v) is 9.62. The Hall–Kier alpha value is -0.970. The molecular formula is C24H27BrO2S. The van der Waals surface area contributed by atoms with E-state index in [1.54, 1.807) is 0 Å². The van der Waals surface area contributed by atoms with E-state index in [1.165, 1.54) is 16.0 Å². The van der Waals surface area contributed by atoms with Crippen LogP contribution in [0.4, 0.5) is 0 Å². The zero-order valence-corrected chi connectivity index (χ0v) is 18.5. The molecule has 5 rings (SSSR count). The highest BCUT2D eigenvalue weighted by Crippen LogP contribution is 2.62. The van der Waals surface area contributed by atoms with Crippen molar-refractivity contribution in [2.45, 2.75) is 61.2 Å². The Labute approximate surface area is 179 Å². The number of hydrogen-bond acceptors (Lipinski definition) is 3. The van der Waals surface area contributed by atoms with Crippen LogP contribution in [-0.4, -0.2) is 21.6 Å². The summed E-state index contributed by atoms with van der Waals surface area (Å²) in [5, 5.41) is 21.3. The molecule has 3 aliphatic carbocycles. The SMILES string of the molecule is C[C@]12CC[C@@H]3c4ccc(O)cc4CC(Sc4ccc(Br)cc4)[C@H]3[C@@H]1CCC2O. The van der Waals surface area contributed by atoms with Crippen LogP contribution < -0.4 is 0 Å². The molecule has 3 aliphatic rings. The van der Waals surface area contributed by atoms with E-state index in [0.717, 1.165) is 36.6 Å². The van der Waals surface area contributed by atoms with Gasteiger partial charge in [0.1, 0.15) is 5.75 Å². The molecule has 0 aliphatic heterocycles. The number of halogens is 1.